The van der Waals surface area contributed by atoms with Gasteiger partial charge in [-0.15, -0.1) is 11.3 Å². The van der Waals surface area contributed by atoms with Gasteiger partial charge >= 0.3 is 0 Å². The van der Waals surface area contributed by atoms with E-state index in [-0.39, 0.29) is 5.41 Å². The van der Waals surface area contributed by atoms with Crippen molar-refractivity contribution >= 4 is 33.6 Å². The van der Waals surface area contributed by atoms with Crippen LogP contribution in [0.4, 0.5) is 5.82 Å². The Hall–Kier alpha value is -2.34. The summed E-state index contributed by atoms with van der Waals surface area (Å²) in [6, 6.07) is 5.93. The number of nitrogens with one attached hydrogen (secondary N) is 1. The van der Waals surface area contributed by atoms with E-state index in [4.69, 9.17) is 0 Å². The maximum Gasteiger partial charge on any atom is 0.158 e. The first kappa shape index (κ1) is 14.6. The number of hydrazone groups is 1. The molecule has 6 heteroatoms. The van der Waals surface area contributed by atoms with Gasteiger partial charge in [0.2, 0.25) is 0 Å². The number of thiophene rings is 1. The summed E-state index contributed by atoms with van der Waals surface area (Å²) < 4.78 is 0. The van der Waals surface area contributed by atoms with E-state index in [0.717, 1.165) is 21.6 Å². The quantitative estimate of drug-likeness (QED) is 0.590. The predicted octanol–water partition coefficient (Wildman–Crippen LogP) is 3.83. The zero-order chi connectivity index (χ0) is 15.6. The predicted molar refractivity (Wildman–Crippen MR) is 91.6 cm³/mol. The van der Waals surface area contributed by atoms with Crippen LogP contribution in [0.25, 0.3) is 10.2 Å². The van der Waals surface area contributed by atoms with Crippen molar-refractivity contribution in [1.82, 2.24) is 15.0 Å². The number of anilines is 1. The van der Waals surface area contributed by atoms with Gasteiger partial charge in [0.15, 0.2) is 5.82 Å². The Morgan fingerprint density at radius 3 is 2.68 bits per heavy atom. The Morgan fingerprint density at radius 1 is 1.18 bits per heavy atom. The molecule has 0 fully saturated rings. The lowest BCUT2D eigenvalue weighted by atomic mass is 9.94. The highest BCUT2D eigenvalue weighted by Gasteiger charge is 2.18. The summed E-state index contributed by atoms with van der Waals surface area (Å²) in [7, 11) is 0. The Kier molecular flexibility index (Phi) is 3.85. The van der Waals surface area contributed by atoms with Gasteiger partial charge in [0.1, 0.15) is 11.2 Å². The van der Waals surface area contributed by atoms with Crippen molar-refractivity contribution < 1.29 is 0 Å². The van der Waals surface area contributed by atoms with E-state index in [0.29, 0.717) is 0 Å². The van der Waals surface area contributed by atoms with E-state index in [1.807, 2.05) is 12.1 Å². The van der Waals surface area contributed by atoms with Crippen molar-refractivity contribution in [2.75, 3.05) is 5.43 Å². The third-order valence-electron chi connectivity index (χ3n) is 3.16. The summed E-state index contributed by atoms with van der Waals surface area (Å²) in [4.78, 5) is 14.9. The van der Waals surface area contributed by atoms with Crippen LogP contribution >= 0.6 is 11.3 Å². The van der Waals surface area contributed by atoms with Crippen LogP contribution in [0.15, 0.2) is 42.0 Å². The minimum Gasteiger partial charge on any atom is -0.265 e. The van der Waals surface area contributed by atoms with E-state index in [1.165, 1.54) is 4.88 Å². The summed E-state index contributed by atoms with van der Waals surface area (Å²) in [5.74, 6) is 0.724. The van der Waals surface area contributed by atoms with Crippen LogP contribution in [0.1, 0.15) is 31.2 Å². The second-order valence-corrected chi connectivity index (χ2v) is 6.98. The highest BCUT2D eigenvalue weighted by atomic mass is 32.1. The maximum atomic E-state index is 4.35. The molecule has 3 aromatic rings. The van der Waals surface area contributed by atoms with Crippen LogP contribution < -0.4 is 5.43 Å². The van der Waals surface area contributed by atoms with Crippen LogP contribution in [0, 0.1) is 0 Å². The molecular weight excluding hydrogens is 294 g/mol. The fraction of sp³-hybridized carbons (Fsp3) is 0.250. The van der Waals surface area contributed by atoms with Crippen LogP contribution in [-0.4, -0.2) is 21.2 Å². The first-order valence-electron chi connectivity index (χ1n) is 6.98. The molecule has 0 aliphatic rings. The monoisotopic (exact) mass is 311 g/mol. The molecule has 3 aromatic heterocycles. The van der Waals surface area contributed by atoms with Crippen molar-refractivity contribution in [2.24, 2.45) is 5.10 Å². The van der Waals surface area contributed by atoms with Gasteiger partial charge in [-0.1, -0.05) is 20.8 Å². The third-order valence-corrected chi connectivity index (χ3v) is 4.63. The van der Waals surface area contributed by atoms with Crippen LogP contribution in [0.3, 0.4) is 0 Å². The van der Waals surface area contributed by atoms with Crippen molar-refractivity contribution in [3.63, 3.8) is 0 Å². The molecule has 22 heavy (non-hydrogen) atoms. The van der Waals surface area contributed by atoms with E-state index in [2.05, 4.69) is 52.3 Å². The zero-order valence-electron chi connectivity index (χ0n) is 12.7. The Morgan fingerprint density at radius 2 is 1.95 bits per heavy atom. The molecule has 0 bridgehead atoms. The Labute approximate surface area is 133 Å². The minimum atomic E-state index is 0.100. The van der Waals surface area contributed by atoms with Crippen molar-refractivity contribution in [2.45, 2.75) is 26.2 Å². The summed E-state index contributed by atoms with van der Waals surface area (Å²) >= 11 is 1.70. The Balaban J connectivity index is 1.88. The van der Waals surface area contributed by atoms with Gasteiger partial charge in [-0.05, 0) is 29.2 Å². The lowest BCUT2D eigenvalue weighted by molar-refractivity contribution is 0.604. The highest BCUT2D eigenvalue weighted by Crippen LogP contribution is 2.35. The first-order chi connectivity index (χ1) is 10.5. The summed E-state index contributed by atoms with van der Waals surface area (Å²) in [6.07, 6.45) is 6.78. The molecule has 3 rings (SSSR count). The molecule has 0 aromatic carbocycles. The SMILES string of the molecule is CC(C)(C)c1cc2c(NN=Cc3ccncc3)ncnc2s1. The van der Waals surface area contributed by atoms with E-state index >= 15 is 0 Å². The molecule has 0 saturated heterocycles. The molecule has 1 N–H and O–H groups in total. The van der Waals surface area contributed by atoms with Crippen molar-refractivity contribution in [1.29, 1.82) is 0 Å². The second kappa shape index (κ2) is 5.81. The molecule has 0 atom stereocenters. The topological polar surface area (TPSA) is 63.1 Å². The number of hydrogen-bond donors (Lipinski definition) is 1. The molecule has 0 amide bonds. The minimum absolute atomic E-state index is 0.100. The molecular formula is C16H17N5S. The van der Waals surface area contributed by atoms with Crippen LogP contribution in [0.2, 0.25) is 0 Å². The van der Waals surface area contributed by atoms with Gasteiger partial charge in [0.25, 0.3) is 0 Å². The average Bonchev–Trinajstić information content (AvgIpc) is 2.93. The third kappa shape index (κ3) is 3.12. The van der Waals surface area contributed by atoms with Gasteiger partial charge < -0.3 is 0 Å². The summed E-state index contributed by atoms with van der Waals surface area (Å²) in [6.45, 7) is 6.58. The van der Waals surface area contributed by atoms with Gasteiger partial charge in [-0.25, -0.2) is 9.97 Å². The number of nitrogens with zero attached hydrogens (tertiary/aromatic N) is 4. The molecule has 3 heterocycles. The number of hydrogen-bond acceptors (Lipinski definition) is 6. The maximum absolute atomic E-state index is 4.35. The van der Waals surface area contributed by atoms with Crippen molar-refractivity contribution in [3.05, 3.63) is 47.4 Å². The van der Waals surface area contributed by atoms with Gasteiger partial charge in [0.05, 0.1) is 11.6 Å². The molecule has 0 aliphatic carbocycles. The zero-order valence-corrected chi connectivity index (χ0v) is 13.6. The van der Waals surface area contributed by atoms with E-state index < -0.39 is 0 Å². The molecule has 5 nitrogen and oxygen atoms in total. The normalized spacial score (nSPS) is 12.1. The smallest absolute Gasteiger partial charge is 0.158 e. The van der Waals surface area contributed by atoms with E-state index in [1.54, 1.807) is 36.3 Å². The lowest BCUT2D eigenvalue weighted by Crippen LogP contribution is -2.07. The molecule has 0 saturated carbocycles. The molecule has 112 valence electrons. The molecule has 0 radical (unpaired) electrons. The highest BCUT2D eigenvalue weighted by molar-refractivity contribution is 7.18. The van der Waals surface area contributed by atoms with E-state index in [9.17, 15) is 0 Å². The largest absolute Gasteiger partial charge is 0.265 e. The number of pyridine rings is 1. The number of rotatable bonds is 3. The van der Waals surface area contributed by atoms with Gasteiger partial charge in [-0.3, -0.25) is 10.4 Å². The fourth-order valence-corrected chi connectivity index (χ4v) is 2.99. The van der Waals surface area contributed by atoms with Gasteiger partial charge in [-0.2, -0.15) is 5.10 Å². The second-order valence-electron chi connectivity index (χ2n) is 5.95. The fourth-order valence-electron chi connectivity index (χ4n) is 1.93. The van der Waals surface area contributed by atoms with Gasteiger partial charge in [0, 0.05) is 17.3 Å². The molecule has 0 spiro atoms. The molecule has 0 unspecified atom stereocenters. The number of fused-ring (bicyclic) bond motifs is 1. The first-order valence-corrected chi connectivity index (χ1v) is 7.80. The van der Waals surface area contributed by atoms with Crippen LogP contribution in [0.5, 0.6) is 0 Å². The standard InChI is InChI=1S/C16H17N5S/c1-16(2,3)13-8-12-14(18-10-19-15(12)22-13)21-20-9-11-4-6-17-7-5-11/h4-10H,1-3H3,(H,18,19,21). The summed E-state index contributed by atoms with van der Waals surface area (Å²) in [5, 5.41) is 5.25. The summed E-state index contributed by atoms with van der Waals surface area (Å²) in [5.41, 5.74) is 4.09. The Bertz CT molecular complexity index is 802. The average molecular weight is 311 g/mol. The van der Waals surface area contributed by atoms with Crippen LogP contribution in [-0.2, 0) is 5.41 Å². The molecule has 0 aliphatic heterocycles. The number of aromatic nitrogens is 3. The lowest BCUT2D eigenvalue weighted by Gasteiger charge is -2.14. The van der Waals surface area contributed by atoms with Crippen molar-refractivity contribution in [3.8, 4) is 0 Å².